The standard InChI is InChI=1S/C16H33N/c1-6-13(4)11-14(5)17-16-10-8-7-9-15(16)12(2)3/h12-17H,6-11H2,1-5H3. The molecule has 1 aliphatic carbocycles. The lowest BCUT2D eigenvalue weighted by atomic mass is 9.77. The summed E-state index contributed by atoms with van der Waals surface area (Å²) in [6.07, 6.45) is 8.35. The summed E-state index contributed by atoms with van der Waals surface area (Å²) >= 11 is 0. The lowest BCUT2D eigenvalue weighted by Crippen LogP contribution is -2.45. The van der Waals surface area contributed by atoms with E-state index in [4.69, 9.17) is 0 Å². The minimum atomic E-state index is 0.689. The molecule has 1 heteroatoms. The maximum absolute atomic E-state index is 3.92. The molecule has 4 atom stereocenters. The Bertz CT molecular complexity index is 200. The zero-order chi connectivity index (χ0) is 12.8. The van der Waals surface area contributed by atoms with Crippen molar-refractivity contribution in [3.05, 3.63) is 0 Å². The van der Waals surface area contributed by atoms with Crippen molar-refractivity contribution >= 4 is 0 Å². The normalized spacial score (nSPS) is 29.3. The van der Waals surface area contributed by atoms with Gasteiger partial charge in [0.25, 0.3) is 0 Å². The molecule has 1 fully saturated rings. The average Bonchev–Trinajstić information content (AvgIpc) is 2.29. The molecular formula is C16H33N. The summed E-state index contributed by atoms with van der Waals surface area (Å²) < 4.78 is 0. The van der Waals surface area contributed by atoms with Crippen molar-refractivity contribution in [3.8, 4) is 0 Å². The molecule has 0 aromatic heterocycles. The average molecular weight is 239 g/mol. The highest BCUT2D eigenvalue weighted by Gasteiger charge is 2.28. The Morgan fingerprint density at radius 2 is 1.71 bits per heavy atom. The van der Waals surface area contributed by atoms with Crippen LogP contribution in [0.4, 0.5) is 0 Å². The Morgan fingerprint density at radius 1 is 1.06 bits per heavy atom. The van der Waals surface area contributed by atoms with Gasteiger partial charge in [0.15, 0.2) is 0 Å². The van der Waals surface area contributed by atoms with Crippen LogP contribution in [0, 0.1) is 17.8 Å². The van der Waals surface area contributed by atoms with Crippen LogP contribution >= 0.6 is 0 Å². The van der Waals surface area contributed by atoms with Crippen LogP contribution in [0.2, 0.25) is 0 Å². The first-order valence-corrected chi connectivity index (χ1v) is 7.80. The van der Waals surface area contributed by atoms with Gasteiger partial charge in [0.1, 0.15) is 0 Å². The van der Waals surface area contributed by atoms with E-state index in [-0.39, 0.29) is 0 Å². The van der Waals surface area contributed by atoms with Crippen LogP contribution in [0.1, 0.15) is 73.1 Å². The van der Waals surface area contributed by atoms with Crippen LogP contribution in [-0.4, -0.2) is 12.1 Å². The number of nitrogens with one attached hydrogen (secondary N) is 1. The molecule has 0 spiro atoms. The summed E-state index contributed by atoms with van der Waals surface area (Å²) in [6, 6.07) is 1.47. The molecule has 1 aliphatic rings. The molecule has 0 radical (unpaired) electrons. The van der Waals surface area contributed by atoms with Crippen LogP contribution in [0.5, 0.6) is 0 Å². The van der Waals surface area contributed by atoms with E-state index in [1.54, 1.807) is 0 Å². The van der Waals surface area contributed by atoms with Gasteiger partial charge in [-0.15, -0.1) is 0 Å². The third-order valence-electron chi connectivity index (χ3n) is 4.63. The van der Waals surface area contributed by atoms with Gasteiger partial charge in [-0.1, -0.05) is 47.0 Å². The summed E-state index contributed by atoms with van der Waals surface area (Å²) in [5.41, 5.74) is 0. The predicted octanol–water partition coefficient (Wildman–Crippen LogP) is 4.62. The first-order valence-electron chi connectivity index (χ1n) is 7.80. The number of hydrogen-bond donors (Lipinski definition) is 1. The van der Waals surface area contributed by atoms with Gasteiger partial charge in [0, 0.05) is 12.1 Å². The molecule has 1 N–H and O–H groups in total. The number of hydrogen-bond acceptors (Lipinski definition) is 1. The van der Waals surface area contributed by atoms with Crippen LogP contribution < -0.4 is 5.32 Å². The summed E-state index contributed by atoms with van der Waals surface area (Å²) in [5.74, 6) is 2.60. The maximum Gasteiger partial charge on any atom is 0.0100 e. The van der Waals surface area contributed by atoms with E-state index in [9.17, 15) is 0 Å². The second-order valence-electron chi connectivity index (χ2n) is 6.62. The summed E-state index contributed by atoms with van der Waals surface area (Å²) in [5, 5.41) is 3.92. The third-order valence-corrected chi connectivity index (χ3v) is 4.63. The third kappa shape index (κ3) is 4.99. The van der Waals surface area contributed by atoms with Crippen LogP contribution in [-0.2, 0) is 0 Å². The van der Waals surface area contributed by atoms with Crippen molar-refractivity contribution < 1.29 is 0 Å². The van der Waals surface area contributed by atoms with Crippen LogP contribution in [0.15, 0.2) is 0 Å². The Hall–Kier alpha value is -0.0400. The van der Waals surface area contributed by atoms with E-state index >= 15 is 0 Å². The first-order chi connectivity index (χ1) is 8.04. The zero-order valence-electron chi connectivity index (χ0n) is 12.6. The van der Waals surface area contributed by atoms with Crippen molar-refractivity contribution in [2.75, 3.05) is 0 Å². The van der Waals surface area contributed by atoms with Crippen molar-refractivity contribution in [1.82, 2.24) is 5.32 Å². The van der Waals surface area contributed by atoms with E-state index in [1.165, 1.54) is 38.5 Å². The predicted molar refractivity (Wildman–Crippen MR) is 77.3 cm³/mol. The Balaban J connectivity index is 2.41. The molecule has 1 rings (SSSR count). The maximum atomic E-state index is 3.92. The minimum absolute atomic E-state index is 0.689. The second-order valence-corrected chi connectivity index (χ2v) is 6.62. The Morgan fingerprint density at radius 3 is 2.29 bits per heavy atom. The molecule has 1 nitrogen and oxygen atoms in total. The van der Waals surface area contributed by atoms with E-state index in [2.05, 4.69) is 39.9 Å². The number of rotatable bonds is 6. The molecule has 102 valence electrons. The topological polar surface area (TPSA) is 12.0 Å². The lowest BCUT2D eigenvalue weighted by Gasteiger charge is -2.37. The molecule has 0 aromatic rings. The smallest absolute Gasteiger partial charge is 0.0100 e. The summed E-state index contributed by atoms with van der Waals surface area (Å²) in [6.45, 7) is 11.8. The highest BCUT2D eigenvalue weighted by atomic mass is 15.0. The molecule has 17 heavy (non-hydrogen) atoms. The van der Waals surface area contributed by atoms with Gasteiger partial charge >= 0.3 is 0 Å². The van der Waals surface area contributed by atoms with Crippen molar-refractivity contribution in [2.24, 2.45) is 17.8 Å². The van der Waals surface area contributed by atoms with E-state index in [0.29, 0.717) is 6.04 Å². The first kappa shape index (κ1) is 15.0. The van der Waals surface area contributed by atoms with E-state index in [0.717, 1.165) is 23.8 Å². The molecule has 1 saturated carbocycles. The molecule has 0 bridgehead atoms. The van der Waals surface area contributed by atoms with E-state index in [1.807, 2.05) is 0 Å². The van der Waals surface area contributed by atoms with Gasteiger partial charge in [-0.25, -0.2) is 0 Å². The fourth-order valence-corrected chi connectivity index (χ4v) is 3.37. The van der Waals surface area contributed by atoms with Crippen molar-refractivity contribution in [3.63, 3.8) is 0 Å². The monoisotopic (exact) mass is 239 g/mol. The fourth-order valence-electron chi connectivity index (χ4n) is 3.37. The van der Waals surface area contributed by atoms with Gasteiger partial charge in [-0.05, 0) is 43.9 Å². The zero-order valence-corrected chi connectivity index (χ0v) is 12.6. The lowest BCUT2D eigenvalue weighted by molar-refractivity contribution is 0.188. The molecule has 0 heterocycles. The van der Waals surface area contributed by atoms with E-state index < -0.39 is 0 Å². The highest BCUT2D eigenvalue weighted by Crippen LogP contribution is 2.30. The van der Waals surface area contributed by atoms with Gasteiger partial charge in [0.05, 0.1) is 0 Å². The van der Waals surface area contributed by atoms with Gasteiger partial charge < -0.3 is 5.32 Å². The molecule has 0 amide bonds. The van der Waals surface area contributed by atoms with Gasteiger partial charge in [-0.3, -0.25) is 0 Å². The summed E-state index contributed by atoms with van der Waals surface area (Å²) in [7, 11) is 0. The second kappa shape index (κ2) is 7.41. The van der Waals surface area contributed by atoms with Gasteiger partial charge in [-0.2, -0.15) is 0 Å². The molecular weight excluding hydrogens is 206 g/mol. The summed E-state index contributed by atoms with van der Waals surface area (Å²) in [4.78, 5) is 0. The van der Waals surface area contributed by atoms with Gasteiger partial charge in [0.2, 0.25) is 0 Å². The quantitative estimate of drug-likeness (QED) is 0.713. The Kier molecular flexibility index (Phi) is 6.54. The molecule has 0 saturated heterocycles. The van der Waals surface area contributed by atoms with Crippen molar-refractivity contribution in [2.45, 2.75) is 85.2 Å². The Labute approximate surface area is 109 Å². The van der Waals surface area contributed by atoms with Crippen LogP contribution in [0.25, 0.3) is 0 Å². The minimum Gasteiger partial charge on any atom is -0.311 e. The largest absolute Gasteiger partial charge is 0.311 e. The van der Waals surface area contributed by atoms with Crippen molar-refractivity contribution in [1.29, 1.82) is 0 Å². The van der Waals surface area contributed by atoms with Crippen LogP contribution in [0.3, 0.4) is 0 Å². The molecule has 0 aromatic carbocycles. The molecule has 4 unspecified atom stereocenters. The highest BCUT2D eigenvalue weighted by molar-refractivity contribution is 4.84. The SMILES string of the molecule is CCC(C)CC(C)NC1CCCCC1C(C)C. The fraction of sp³-hybridized carbons (Fsp3) is 1.00. The molecule has 0 aliphatic heterocycles.